The maximum atomic E-state index is 13.8. The van der Waals surface area contributed by atoms with Crippen molar-refractivity contribution in [1.82, 2.24) is 0 Å². The molecule has 1 aliphatic rings. The van der Waals surface area contributed by atoms with E-state index in [0.717, 1.165) is 12.1 Å². The van der Waals surface area contributed by atoms with E-state index in [1.165, 1.54) is 13.0 Å². The maximum Gasteiger partial charge on any atom is 0.343 e. The van der Waals surface area contributed by atoms with Gasteiger partial charge in [-0.3, -0.25) is 0 Å². The first-order valence-electron chi connectivity index (χ1n) is 7.31. The number of hydrogen-bond acceptors (Lipinski definition) is 2. The quantitative estimate of drug-likeness (QED) is 0.699. The molecular formula is C17H11F7O2. The van der Waals surface area contributed by atoms with Crippen LogP contribution >= 0.6 is 0 Å². The Labute approximate surface area is 142 Å². The van der Waals surface area contributed by atoms with Gasteiger partial charge in [0.25, 0.3) is 6.43 Å². The number of ether oxygens (including phenoxy) is 1. The molecule has 0 fully saturated rings. The molecule has 1 atom stereocenters. The van der Waals surface area contributed by atoms with Crippen molar-refractivity contribution >= 4 is 0 Å². The zero-order chi connectivity index (χ0) is 19.4. The number of halogens is 7. The van der Waals surface area contributed by atoms with Crippen LogP contribution in [0.2, 0.25) is 0 Å². The van der Waals surface area contributed by atoms with Crippen LogP contribution in [0, 0.1) is 12.7 Å². The third kappa shape index (κ3) is 2.61. The van der Waals surface area contributed by atoms with Crippen LogP contribution in [0.15, 0.2) is 30.3 Å². The van der Waals surface area contributed by atoms with Crippen molar-refractivity contribution in [2.24, 2.45) is 0 Å². The van der Waals surface area contributed by atoms with Gasteiger partial charge in [-0.15, -0.1) is 0 Å². The predicted octanol–water partition coefficient (Wildman–Crippen LogP) is 5.64. The van der Waals surface area contributed by atoms with E-state index >= 15 is 0 Å². The van der Waals surface area contributed by atoms with Crippen LogP contribution in [-0.4, -0.2) is 11.0 Å². The smallest absolute Gasteiger partial charge is 0.343 e. The van der Waals surface area contributed by atoms with Gasteiger partial charge in [0.15, 0.2) is 6.10 Å². The molecule has 140 valence electrons. The van der Waals surface area contributed by atoms with E-state index in [1.54, 1.807) is 0 Å². The van der Waals surface area contributed by atoms with E-state index in [2.05, 4.69) is 0 Å². The zero-order valence-electron chi connectivity index (χ0n) is 13.0. The SMILES string of the molecule is Cc1cc(F)cc(Oc2ccc3c(c2C(F)F)C(O)C(F)(F)C3(F)F)c1. The minimum absolute atomic E-state index is 0.227. The van der Waals surface area contributed by atoms with Crippen LogP contribution in [0.4, 0.5) is 30.7 Å². The Kier molecular flexibility index (Phi) is 4.18. The van der Waals surface area contributed by atoms with Crippen LogP contribution < -0.4 is 4.74 Å². The summed E-state index contributed by atoms with van der Waals surface area (Å²) < 4.78 is 100. The van der Waals surface area contributed by atoms with Crippen molar-refractivity contribution in [3.63, 3.8) is 0 Å². The molecule has 1 unspecified atom stereocenters. The van der Waals surface area contributed by atoms with Gasteiger partial charge >= 0.3 is 11.8 Å². The number of hydrogen-bond donors (Lipinski definition) is 1. The molecule has 0 aromatic heterocycles. The zero-order valence-corrected chi connectivity index (χ0v) is 13.0. The highest BCUT2D eigenvalue weighted by atomic mass is 19.3. The fourth-order valence-corrected chi connectivity index (χ4v) is 2.92. The molecule has 0 amide bonds. The minimum atomic E-state index is -4.95. The second kappa shape index (κ2) is 5.87. The third-order valence-corrected chi connectivity index (χ3v) is 4.08. The van der Waals surface area contributed by atoms with Crippen LogP contribution in [0.1, 0.15) is 34.8 Å². The predicted molar refractivity (Wildman–Crippen MR) is 76.4 cm³/mol. The molecule has 0 radical (unpaired) electrons. The molecule has 1 aliphatic carbocycles. The second-order valence-corrected chi connectivity index (χ2v) is 5.91. The van der Waals surface area contributed by atoms with Gasteiger partial charge in [0.05, 0.1) is 5.56 Å². The van der Waals surface area contributed by atoms with Crippen LogP contribution in [-0.2, 0) is 5.92 Å². The lowest BCUT2D eigenvalue weighted by molar-refractivity contribution is -0.246. The van der Waals surface area contributed by atoms with Gasteiger partial charge in [-0.05, 0) is 36.8 Å². The number of benzene rings is 2. The van der Waals surface area contributed by atoms with Crippen molar-refractivity contribution in [2.45, 2.75) is 31.3 Å². The standard InChI is InChI=1S/C17H11F7O2/c1-7-4-8(18)6-9(5-7)26-11-3-2-10-12(13(11)15(19)20)14(25)17(23,24)16(10,21)22/h2-6,14-15,25H,1H3. The molecule has 0 saturated heterocycles. The molecule has 2 nitrogen and oxygen atoms in total. The first-order valence-corrected chi connectivity index (χ1v) is 7.31. The van der Waals surface area contributed by atoms with E-state index < -0.39 is 52.6 Å². The highest BCUT2D eigenvalue weighted by Gasteiger charge is 2.69. The molecule has 2 aromatic rings. The lowest BCUT2D eigenvalue weighted by atomic mass is 10.0. The van der Waals surface area contributed by atoms with Gasteiger partial charge < -0.3 is 9.84 Å². The first-order chi connectivity index (χ1) is 12.0. The highest BCUT2D eigenvalue weighted by molar-refractivity contribution is 5.54. The molecule has 26 heavy (non-hydrogen) atoms. The highest BCUT2D eigenvalue weighted by Crippen LogP contribution is 2.60. The number of aryl methyl sites for hydroxylation is 1. The molecule has 3 rings (SSSR count). The number of alkyl halides is 6. The fourth-order valence-electron chi connectivity index (χ4n) is 2.92. The van der Waals surface area contributed by atoms with Gasteiger partial charge in [0.1, 0.15) is 17.3 Å². The van der Waals surface area contributed by atoms with Crippen LogP contribution in [0.5, 0.6) is 11.5 Å². The van der Waals surface area contributed by atoms with Crippen molar-refractivity contribution in [2.75, 3.05) is 0 Å². The van der Waals surface area contributed by atoms with Crippen LogP contribution in [0.3, 0.4) is 0 Å². The van der Waals surface area contributed by atoms with Crippen molar-refractivity contribution in [3.05, 3.63) is 58.4 Å². The number of aliphatic hydroxyl groups excluding tert-OH is 1. The van der Waals surface area contributed by atoms with E-state index in [9.17, 15) is 35.8 Å². The van der Waals surface area contributed by atoms with Gasteiger partial charge in [-0.2, -0.15) is 17.6 Å². The summed E-state index contributed by atoms with van der Waals surface area (Å²) in [6, 6.07) is 4.43. The summed E-state index contributed by atoms with van der Waals surface area (Å²) in [7, 11) is 0. The van der Waals surface area contributed by atoms with Crippen molar-refractivity contribution in [1.29, 1.82) is 0 Å². The lowest BCUT2D eigenvalue weighted by Crippen LogP contribution is -2.36. The van der Waals surface area contributed by atoms with E-state index in [0.29, 0.717) is 17.7 Å². The van der Waals surface area contributed by atoms with Gasteiger partial charge in [0, 0.05) is 17.2 Å². The number of aliphatic hydroxyl groups is 1. The fraction of sp³-hybridized carbons (Fsp3) is 0.294. The van der Waals surface area contributed by atoms with Crippen molar-refractivity contribution in [3.8, 4) is 11.5 Å². The normalized spacial score (nSPS) is 20.3. The average Bonchev–Trinajstić information content (AvgIpc) is 2.64. The summed E-state index contributed by atoms with van der Waals surface area (Å²) in [6.45, 7) is 1.50. The monoisotopic (exact) mass is 380 g/mol. The minimum Gasteiger partial charge on any atom is -0.457 e. The van der Waals surface area contributed by atoms with E-state index in [-0.39, 0.29) is 5.75 Å². The first kappa shape index (κ1) is 18.5. The Balaban J connectivity index is 2.17. The largest absolute Gasteiger partial charge is 0.457 e. The number of fused-ring (bicyclic) bond motifs is 1. The lowest BCUT2D eigenvalue weighted by Gasteiger charge is -2.21. The van der Waals surface area contributed by atoms with Crippen molar-refractivity contribution < 1.29 is 40.6 Å². The molecular weight excluding hydrogens is 369 g/mol. The summed E-state index contributed by atoms with van der Waals surface area (Å²) in [5.41, 5.74) is -3.57. The van der Waals surface area contributed by atoms with E-state index in [4.69, 9.17) is 4.74 Å². The van der Waals surface area contributed by atoms with Crippen LogP contribution in [0.25, 0.3) is 0 Å². The molecule has 0 spiro atoms. The Hall–Kier alpha value is -2.29. The molecule has 0 saturated carbocycles. The summed E-state index contributed by atoms with van der Waals surface area (Å²) >= 11 is 0. The van der Waals surface area contributed by atoms with Gasteiger partial charge in [-0.1, -0.05) is 0 Å². The van der Waals surface area contributed by atoms with Gasteiger partial charge in [0.2, 0.25) is 0 Å². The summed E-state index contributed by atoms with van der Waals surface area (Å²) in [5, 5.41) is 9.57. The van der Waals surface area contributed by atoms with Gasteiger partial charge in [-0.25, -0.2) is 13.2 Å². The molecule has 0 heterocycles. The Morgan fingerprint density at radius 3 is 2.31 bits per heavy atom. The average molecular weight is 380 g/mol. The third-order valence-electron chi connectivity index (χ3n) is 4.08. The maximum absolute atomic E-state index is 13.8. The molecule has 0 aliphatic heterocycles. The molecule has 1 N–H and O–H groups in total. The Bertz CT molecular complexity index is 844. The summed E-state index contributed by atoms with van der Waals surface area (Å²) in [6.07, 6.45) is -6.62. The molecule has 9 heteroatoms. The van der Waals surface area contributed by atoms with E-state index in [1.807, 2.05) is 0 Å². The molecule has 0 bridgehead atoms. The summed E-state index contributed by atoms with van der Waals surface area (Å²) in [5.74, 6) is -11.5. The summed E-state index contributed by atoms with van der Waals surface area (Å²) in [4.78, 5) is 0. The molecule has 2 aromatic carbocycles. The second-order valence-electron chi connectivity index (χ2n) is 5.91. The Morgan fingerprint density at radius 1 is 1.08 bits per heavy atom. The Morgan fingerprint density at radius 2 is 1.73 bits per heavy atom. The number of rotatable bonds is 3. The topological polar surface area (TPSA) is 29.5 Å².